The largest absolute Gasteiger partial charge is 0.392 e. The van der Waals surface area contributed by atoms with Crippen molar-refractivity contribution in [2.75, 3.05) is 24.5 Å². The maximum atomic E-state index is 12.0. The van der Waals surface area contributed by atoms with Crippen LogP contribution in [0, 0.1) is 13.8 Å². The molecule has 0 aromatic heterocycles. The molecular weight excluding hydrogens is 274 g/mol. The van der Waals surface area contributed by atoms with Crippen LogP contribution in [-0.4, -0.2) is 41.3 Å². The zero-order valence-corrected chi connectivity index (χ0v) is 12.4. The van der Waals surface area contributed by atoms with E-state index in [1.54, 1.807) is 4.90 Å². The predicted molar refractivity (Wildman–Crippen MR) is 81.6 cm³/mol. The number of nitrogens with zero attached hydrogens (tertiary/aromatic N) is 2. The summed E-state index contributed by atoms with van der Waals surface area (Å²) in [5.41, 5.74) is 8.59. The highest BCUT2D eigenvalue weighted by Gasteiger charge is 2.31. The molecule has 20 heavy (non-hydrogen) atoms. The normalized spacial score (nSPS) is 15.7. The number of benzene rings is 1. The summed E-state index contributed by atoms with van der Waals surface area (Å²) in [5, 5.41) is 0. The predicted octanol–water partition coefficient (Wildman–Crippen LogP) is 0.765. The van der Waals surface area contributed by atoms with Gasteiger partial charge in [0.1, 0.15) is 0 Å². The molecule has 1 fully saturated rings. The number of anilines is 1. The molecule has 1 aromatic rings. The molecular formula is C14H17N3O2S. The van der Waals surface area contributed by atoms with Crippen LogP contribution in [0.4, 0.5) is 5.69 Å². The Kier molecular flexibility index (Phi) is 4.04. The first kappa shape index (κ1) is 14.5. The van der Waals surface area contributed by atoms with Gasteiger partial charge in [-0.15, -0.1) is 0 Å². The fourth-order valence-electron chi connectivity index (χ4n) is 2.13. The van der Waals surface area contributed by atoms with E-state index in [9.17, 15) is 9.59 Å². The first-order valence-electron chi connectivity index (χ1n) is 6.32. The monoisotopic (exact) mass is 291 g/mol. The van der Waals surface area contributed by atoms with E-state index in [2.05, 4.69) is 0 Å². The number of aryl methyl sites for hydroxylation is 2. The SMILES string of the molecule is Cc1ccc(N2CC(=O)N(CC(N)=S)C(=O)C2)cc1C. The molecule has 1 aromatic carbocycles. The van der Waals surface area contributed by atoms with Crippen molar-refractivity contribution >= 4 is 34.7 Å². The van der Waals surface area contributed by atoms with Crippen molar-refractivity contribution in [3.63, 3.8) is 0 Å². The zero-order chi connectivity index (χ0) is 14.9. The van der Waals surface area contributed by atoms with Crippen molar-refractivity contribution in [3.8, 4) is 0 Å². The second-order valence-electron chi connectivity index (χ2n) is 4.96. The van der Waals surface area contributed by atoms with Gasteiger partial charge in [-0.1, -0.05) is 18.3 Å². The van der Waals surface area contributed by atoms with Gasteiger partial charge in [0.2, 0.25) is 11.8 Å². The van der Waals surface area contributed by atoms with Gasteiger partial charge >= 0.3 is 0 Å². The Morgan fingerprint density at radius 3 is 2.30 bits per heavy atom. The second-order valence-corrected chi connectivity index (χ2v) is 5.49. The highest BCUT2D eigenvalue weighted by atomic mass is 32.1. The average Bonchev–Trinajstić information content (AvgIpc) is 2.36. The Morgan fingerprint density at radius 2 is 1.80 bits per heavy atom. The average molecular weight is 291 g/mol. The summed E-state index contributed by atoms with van der Waals surface area (Å²) in [6.45, 7) is 4.38. The van der Waals surface area contributed by atoms with Crippen LogP contribution < -0.4 is 10.6 Å². The summed E-state index contributed by atoms with van der Waals surface area (Å²) < 4.78 is 0. The van der Waals surface area contributed by atoms with Crippen LogP contribution in [0.3, 0.4) is 0 Å². The van der Waals surface area contributed by atoms with Gasteiger partial charge in [-0.25, -0.2) is 0 Å². The molecule has 1 aliphatic rings. The molecule has 1 heterocycles. The van der Waals surface area contributed by atoms with E-state index >= 15 is 0 Å². The van der Waals surface area contributed by atoms with Crippen molar-refractivity contribution in [2.24, 2.45) is 5.73 Å². The van der Waals surface area contributed by atoms with Crippen LogP contribution in [0.1, 0.15) is 11.1 Å². The highest BCUT2D eigenvalue weighted by molar-refractivity contribution is 7.80. The third kappa shape index (κ3) is 2.96. The van der Waals surface area contributed by atoms with E-state index in [-0.39, 0.29) is 36.4 Å². The lowest BCUT2D eigenvalue weighted by atomic mass is 10.1. The van der Waals surface area contributed by atoms with Crippen LogP contribution in [-0.2, 0) is 9.59 Å². The van der Waals surface area contributed by atoms with E-state index in [1.807, 2.05) is 32.0 Å². The van der Waals surface area contributed by atoms with Crippen molar-refractivity contribution in [2.45, 2.75) is 13.8 Å². The van der Waals surface area contributed by atoms with Crippen LogP contribution in [0.2, 0.25) is 0 Å². The van der Waals surface area contributed by atoms with E-state index in [0.29, 0.717) is 0 Å². The first-order chi connectivity index (χ1) is 9.38. The van der Waals surface area contributed by atoms with Crippen molar-refractivity contribution in [1.82, 2.24) is 4.90 Å². The van der Waals surface area contributed by atoms with Crippen molar-refractivity contribution < 1.29 is 9.59 Å². The van der Waals surface area contributed by atoms with Gasteiger partial charge in [-0.05, 0) is 37.1 Å². The lowest BCUT2D eigenvalue weighted by Gasteiger charge is -2.34. The molecule has 6 heteroatoms. The number of rotatable bonds is 3. The first-order valence-corrected chi connectivity index (χ1v) is 6.73. The van der Waals surface area contributed by atoms with Gasteiger partial charge in [0, 0.05) is 5.69 Å². The quantitative estimate of drug-likeness (QED) is 0.658. The van der Waals surface area contributed by atoms with Gasteiger partial charge in [-0.3, -0.25) is 14.5 Å². The van der Waals surface area contributed by atoms with Crippen LogP contribution >= 0.6 is 12.2 Å². The molecule has 0 bridgehead atoms. The molecule has 5 nitrogen and oxygen atoms in total. The lowest BCUT2D eigenvalue weighted by Crippen LogP contribution is -2.55. The molecule has 0 spiro atoms. The second kappa shape index (κ2) is 5.58. The number of piperazine rings is 1. The number of carbonyl (C=O) groups is 2. The number of thiocarbonyl (C=S) groups is 1. The minimum absolute atomic E-state index is 0.0216. The molecule has 2 N–H and O–H groups in total. The summed E-state index contributed by atoms with van der Waals surface area (Å²) in [6.07, 6.45) is 0. The maximum Gasteiger partial charge on any atom is 0.249 e. The Labute approximate surface area is 123 Å². The molecule has 0 atom stereocenters. The standard InChI is InChI=1S/C14H17N3O2S/c1-9-3-4-11(5-10(9)2)16-7-13(18)17(6-12(15)20)14(19)8-16/h3-5H,6-8H2,1-2H3,(H2,15,20). The summed E-state index contributed by atoms with van der Waals surface area (Å²) in [6, 6.07) is 5.90. The van der Waals surface area contributed by atoms with Crippen LogP contribution in [0.25, 0.3) is 0 Å². The number of nitrogens with two attached hydrogens (primary N) is 1. The van der Waals surface area contributed by atoms with Crippen LogP contribution in [0.5, 0.6) is 0 Å². The maximum absolute atomic E-state index is 12.0. The zero-order valence-electron chi connectivity index (χ0n) is 11.5. The van der Waals surface area contributed by atoms with E-state index in [1.165, 1.54) is 5.56 Å². The Hall–Kier alpha value is -1.95. The minimum Gasteiger partial charge on any atom is -0.392 e. The number of hydrogen-bond acceptors (Lipinski definition) is 4. The van der Waals surface area contributed by atoms with Gasteiger partial charge in [-0.2, -0.15) is 0 Å². The fourth-order valence-corrected chi connectivity index (χ4v) is 2.26. The molecule has 0 saturated carbocycles. The number of hydrogen-bond donors (Lipinski definition) is 1. The summed E-state index contributed by atoms with van der Waals surface area (Å²) in [5.74, 6) is -0.542. The number of carbonyl (C=O) groups excluding carboxylic acids is 2. The van der Waals surface area contributed by atoms with Gasteiger partial charge < -0.3 is 10.6 Å². The Morgan fingerprint density at radius 1 is 1.20 bits per heavy atom. The molecule has 1 aliphatic heterocycles. The number of imide groups is 1. The molecule has 2 amide bonds. The summed E-state index contributed by atoms with van der Waals surface area (Å²) >= 11 is 4.75. The molecule has 2 rings (SSSR count). The molecule has 1 saturated heterocycles. The highest BCUT2D eigenvalue weighted by Crippen LogP contribution is 2.20. The third-order valence-electron chi connectivity index (χ3n) is 3.42. The summed E-state index contributed by atoms with van der Waals surface area (Å²) in [4.78, 5) is 27.1. The minimum atomic E-state index is -0.271. The Bertz CT molecular complexity index is 568. The lowest BCUT2D eigenvalue weighted by molar-refractivity contribution is -0.144. The molecule has 106 valence electrons. The molecule has 0 aliphatic carbocycles. The third-order valence-corrected chi connectivity index (χ3v) is 3.55. The summed E-state index contributed by atoms with van der Waals surface area (Å²) in [7, 11) is 0. The number of amides is 2. The van der Waals surface area contributed by atoms with Gasteiger partial charge in [0.05, 0.1) is 24.6 Å². The van der Waals surface area contributed by atoms with Crippen molar-refractivity contribution in [3.05, 3.63) is 29.3 Å². The van der Waals surface area contributed by atoms with Gasteiger partial charge in [0.25, 0.3) is 0 Å². The molecule has 0 unspecified atom stereocenters. The smallest absolute Gasteiger partial charge is 0.249 e. The fraction of sp³-hybridized carbons (Fsp3) is 0.357. The van der Waals surface area contributed by atoms with E-state index < -0.39 is 0 Å². The van der Waals surface area contributed by atoms with Gasteiger partial charge in [0.15, 0.2) is 0 Å². The molecule has 0 radical (unpaired) electrons. The van der Waals surface area contributed by atoms with Crippen LogP contribution in [0.15, 0.2) is 18.2 Å². The van der Waals surface area contributed by atoms with E-state index in [4.69, 9.17) is 18.0 Å². The van der Waals surface area contributed by atoms with E-state index in [0.717, 1.165) is 16.2 Å². The van der Waals surface area contributed by atoms with Crippen molar-refractivity contribution in [1.29, 1.82) is 0 Å². The Balaban J connectivity index is 2.18. The topological polar surface area (TPSA) is 66.6 Å².